The van der Waals surface area contributed by atoms with Crippen molar-refractivity contribution in [2.45, 2.75) is 32.4 Å². The van der Waals surface area contributed by atoms with E-state index in [0.717, 1.165) is 30.8 Å². The molecule has 0 atom stereocenters. The molecule has 0 radical (unpaired) electrons. The second-order valence-electron chi connectivity index (χ2n) is 7.59. The Labute approximate surface area is 187 Å². The molecule has 0 spiro atoms. The van der Waals surface area contributed by atoms with Gasteiger partial charge in [0.2, 0.25) is 11.5 Å². The molecule has 1 aliphatic heterocycles. The van der Waals surface area contributed by atoms with E-state index in [1.165, 1.54) is 46.7 Å². The molecule has 0 bridgehead atoms. The maximum atomic E-state index is 13.0. The Hall–Kier alpha value is -3.33. The van der Waals surface area contributed by atoms with Crippen LogP contribution in [0.3, 0.4) is 0 Å². The normalized spacial score (nSPS) is 14.0. The summed E-state index contributed by atoms with van der Waals surface area (Å²) in [6.45, 7) is 3.20. The molecule has 172 valence electrons. The maximum absolute atomic E-state index is 13.0. The second-order valence-corrected chi connectivity index (χ2v) is 7.59. The van der Waals surface area contributed by atoms with Crippen molar-refractivity contribution in [3.05, 3.63) is 57.1 Å². The number of methoxy groups -OCH3 is 3. The van der Waals surface area contributed by atoms with Crippen molar-refractivity contribution in [2.24, 2.45) is 0 Å². The molecular weight excluding hydrogens is 414 g/mol. The van der Waals surface area contributed by atoms with E-state index in [0.29, 0.717) is 0 Å². The van der Waals surface area contributed by atoms with E-state index in [1.807, 2.05) is 18.2 Å². The summed E-state index contributed by atoms with van der Waals surface area (Å²) in [5.41, 5.74) is 1.48. The van der Waals surface area contributed by atoms with E-state index in [4.69, 9.17) is 14.2 Å². The van der Waals surface area contributed by atoms with Crippen LogP contribution < -0.4 is 19.5 Å². The number of likely N-dealkylation sites (tertiary alicyclic amines) is 1. The number of hydrogen-bond donors (Lipinski definition) is 1. The third kappa shape index (κ3) is 5.11. The summed E-state index contributed by atoms with van der Waals surface area (Å²) in [5.74, 6) is -0.521. The van der Waals surface area contributed by atoms with E-state index in [-0.39, 0.29) is 29.4 Å². The number of carbonyl (C=O) groups excluding carboxylic acids is 1. The molecule has 1 fully saturated rings. The first-order chi connectivity index (χ1) is 15.5. The highest BCUT2D eigenvalue weighted by molar-refractivity contribution is 6.00. The number of nitro groups is 1. The molecule has 0 aromatic heterocycles. The van der Waals surface area contributed by atoms with Gasteiger partial charge in [0, 0.05) is 19.2 Å². The lowest BCUT2D eigenvalue weighted by molar-refractivity contribution is -0.386. The van der Waals surface area contributed by atoms with Crippen LogP contribution in [0.15, 0.2) is 30.3 Å². The molecule has 2 aromatic carbocycles. The van der Waals surface area contributed by atoms with Gasteiger partial charge < -0.3 is 19.5 Å². The van der Waals surface area contributed by atoms with Crippen LogP contribution in [0.5, 0.6) is 17.2 Å². The zero-order valence-corrected chi connectivity index (χ0v) is 18.7. The predicted octanol–water partition coefficient (Wildman–Crippen LogP) is 3.54. The zero-order chi connectivity index (χ0) is 23.1. The second kappa shape index (κ2) is 10.8. The third-order valence-electron chi connectivity index (χ3n) is 5.63. The summed E-state index contributed by atoms with van der Waals surface area (Å²) in [7, 11) is 4.02. The van der Waals surface area contributed by atoms with E-state index >= 15 is 0 Å². The number of nitro benzene ring substituents is 1. The van der Waals surface area contributed by atoms with Crippen LogP contribution in [0.1, 0.15) is 40.7 Å². The minimum absolute atomic E-state index is 0.0603. The molecule has 3 rings (SSSR count). The van der Waals surface area contributed by atoms with Crippen molar-refractivity contribution in [3.8, 4) is 17.2 Å². The molecule has 1 aliphatic rings. The lowest BCUT2D eigenvalue weighted by atomic mass is 10.0. The first kappa shape index (κ1) is 23.3. The van der Waals surface area contributed by atoms with Crippen molar-refractivity contribution >= 4 is 11.6 Å². The molecule has 9 heteroatoms. The summed E-state index contributed by atoms with van der Waals surface area (Å²) in [6.07, 6.45) is 3.66. The van der Waals surface area contributed by atoms with Gasteiger partial charge in [-0.25, -0.2) is 0 Å². The third-order valence-corrected chi connectivity index (χ3v) is 5.63. The van der Waals surface area contributed by atoms with Crippen LogP contribution in [0.25, 0.3) is 0 Å². The molecule has 32 heavy (non-hydrogen) atoms. The highest BCUT2D eigenvalue weighted by atomic mass is 16.6. The molecule has 1 heterocycles. The van der Waals surface area contributed by atoms with Gasteiger partial charge in [0.25, 0.3) is 5.91 Å². The van der Waals surface area contributed by atoms with E-state index in [2.05, 4.69) is 16.3 Å². The fourth-order valence-electron chi connectivity index (χ4n) is 4.01. The van der Waals surface area contributed by atoms with Gasteiger partial charge in [-0.15, -0.1) is 0 Å². The number of amides is 1. The van der Waals surface area contributed by atoms with Crippen LogP contribution in [0.4, 0.5) is 5.69 Å². The number of benzene rings is 2. The standard InChI is InChI=1S/C23H29N3O6/c1-30-19-13-18(20(26(28)29)22(32-3)21(19)31-2)23(27)24-14-16-9-5-6-10-17(16)15-25-11-7-4-8-12-25/h5-6,9-10,13H,4,7-8,11-12,14-15H2,1-3H3,(H,24,27). The Bertz CT molecular complexity index is 972. The Morgan fingerprint density at radius 3 is 2.28 bits per heavy atom. The maximum Gasteiger partial charge on any atom is 0.327 e. The largest absolute Gasteiger partial charge is 0.493 e. The number of rotatable bonds is 9. The van der Waals surface area contributed by atoms with Gasteiger partial charge in [-0.05, 0) is 37.1 Å². The van der Waals surface area contributed by atoms with Gasteiger partial charge in [-0.2, -0.15) is 0 Å². The molecule has 0 aliphatic carbocycles. The zero-order valence-electron chi connectivity index (χ0n) is 18.7. The Morgan fingerprint density at radius 2 is 1.69 bits per heavy atom. The quantitative estimate of drug-likeness (QED) is 0.467. The number of piperidine rings is 1. The van der Waals surface area contributed by atoms with Gasteiger partial charge in [-0.1, -0.05) is 30.7 Å². The van der Waals surface area contributed by atoms with Crippen molar-refractivity contribution in [1.29, 1.82) is 0 Å². The van der Waals surface area contributed by atoms with Crippen molar-refractivity contribution in [3.63, 3.8) is 0 Å². The molecule has 2 aromatic rings. The van der Waals surface area contributed by atoms with Gasteiger partial charge in [0.1, 0.15) is 5.56 Å². The van der Waals surface area contributed by atoms with E-state index in [1.54, 1.807) is 0 Å². The predicted molar refractivity (Wildman–Crippen MR) is 119 cm³/mol. The smallest absolute Gasteiger partial charge is 0.327 e. The summed E-state index contributed by atoms with van der Waals surface area (Å²) in [4.78, 5) is 26.5. The SMILES string of the molecule is COc1cc(C(=O)NCc2ccccc2CN2CCCCC2)c([N+](=O)[O-])c(OC)c1OC. The molecule has 0 unspecified atom stereocenters. The monoisotopic (exact) mass is 443 g/mol. The van der Waals surface area contributed by atoms with Crippen LogP contribution >= 0.6 is 0 Å². The number of hydrogen-bond acceptors (Lipinski definition) is 7. The number of nitrogens with zero attached hydrogens (tertiary/aromatic N) is 2. The minimum atomic E-state index is -0.653. The lowest BCUT2D eigenvalue weighted by Gasteiger charge is -2.27. The lowest BCUT2D eigenvalue weighted by Crippen LogP contribution is -2.30. The van der Waals surface area contributed by atoms with Gasteiger partial charge in [-0.3, -0.25) is 19.8 Å². The van der Waals surface area contributed by atoms with Gasteiger partial charge >= 0.3 is 5.69 Å². The van der Waals surface area contributed by atoms with Crippen molar-refractivity contribution in [1.82, 2.24) is 10.2 Å². The van der Waals surface area contributed by atoms with E-state index in [9.17, 15) is 14.9 Å². The minimum Gasteiger partial charge on any atom is -0.493 e. The van der Waals surface area contributed by atoms with Crippen LogP contribution in [-0.2, 0) is 13.1 Å². The molecule has 1 N–H and O–H groups in total. The summed E-state index contributed by atoms with van der Waals surface area (Å²) >= 11 is 0. The summed E-state index contributed by atoms with van der Waals surface area (Å²) in [6, 6.07) is 9.22. The molecule has 9 nitrogen and oxygen atoms in total. The Balaban J connectivity index is 1.84. The van der Waals surface area contributed by atoms with Crippen LogP contribution in [0.2, 0.25) is 0 Å². The summed E-state index contributed by atoms with van der Waals surface area (Å²) < 4.78 is 15.7. The topological polar surface area (TPSA) is 103 Å². The van der Waals surface area contributed by atoms with Crippen LogP contribution in [-0.4, -0.2) is 50.1 Å². The van der Waals surface area contributed by atoms with Crippen molar-refractivity contribution < 1.29 is 23.9 Å². The van der Waals surface area contributed by atoms with E-state index < -0.39 is 16.5 Å². The van der Waals surface area contributed by atoms with Gasteiger partial charge in [0.05, 0.1) is 26.3 Å². The number of carbonyl (C=O) groups is 1. The highest BCUT2D eigenvalue weighted by Crippen LogP contribution is 2.46. The number of ether oxygens (including phenoxy) is 3. The highest BCUT2D eigenvalue weighted by Gasteiger charge is 2.32. The molecule has 1 saturated heterocycles. The van der Waals surface area contributed by atoms with Crippen LogP contribution in [0, 0.1) is 10.1 Å². The first-order valence-corrected chi connectivity index (χ1v) is 10.5. The molecule has 0 saturated carbocycles. The average molecular weight is 444 g/mol. The van der Waals surface area contributed by atoms with Gasteiger partial charge in [0.15, 0.2) is 5.75 Å². The molecular formula is C23H29N3O6. The average Bonchev–Trinajstić information content (AvgIpc) is 2.82. The fourth-order valence-corrected chi connectivity index (χ4v) is 4.01. The Morgan fingerprint density at radius 1 is 1.03 bits per heavy atom. The van der Waals surface area contributed by atoms with Crippen molar-refractivity contribution in [2.75, 3.05) is 34.4 Å². The summed E-state index contributed by atoms with van der Waals surface area (Å²) in [5, 5.41) is 14.6. The Kier molecular flexibility index (Phi) is 7.88. The number of nitrogens with one attached hydrogen (secondary N) is 1. The first-order valence-electron chi connectivity index (χ1n) is 10.5. The fraction of sp³-hybridized carbons (Fsp3) is 0.435. The molecule has 1 amide bonds.